The van der Waals surface area contributed by atoms with E-state index in [4.69, 9.17) is 4.52 Å². The number of amides is 3. The number of carbonyl (C=O) groups is 2. The van der Waals surface area contributed by atoms with Crippen LogP contribution < -0.4 is 5.32 Å². The van der Waals surface area contributed by atoms with Crippen molar-refractivity contribution in [1.29, 1.82) is 0 Å². The Morgan fingerprint density at radius 3 is 2.83 bits per heavy atom. The van der Waals surface area contributed by atoms with Crippen LogP contribution in [-0.4, -0.2) is 44.0 Å². The molecule has 2 aliphatic heterocycles. The molecule has 4 rings (SSSR count). The number of hydrogen-bond donors (Lipinski definition) is 1. The Labute approximate surface area is 142 Å². The van der Waals surface area contributed by atoms with Gasteiger partial charge in [0.05, 0.1) is 6.54 Å². The number of thioether (sulfide) groups is 1. The quantitative estimate of drug-likeness (QED) is 0.857. The fourth-order valence-electron chi connectivity index (χ4n) is 2.93. The third-order valence-corrected chi connectivity index (χ3v) is 5.52. The predicted octanol–water partition coefficient (Wildman–Crippen LogP) is 1.97. The Kier molecular flexibility index (Phi) is 3.56. The number of carbonyl (C=O) groups excluding carboxylic acids is 2. The van der Waals surface area contributed by atoms with Gasteiger partial charge in [-0.2, -0.15) is 16.7 Å². The maximum absolute atomic E-state index is 12.6. The SMILES string of the molecule is Cc1ccc(-c2nc(CN3C(=O)NC4(CCSC4)C3=O)no2)cc1. The van der Waals surface area contributed by atoms with E-state index in [0.717, 1.165) is 16.9 Å². The van der Waals surface area contributed by atoms with E-state index in [1.165, 1.54) is 4.90 Å². The molecule has 0 saturated carbocycles. The molecular formula is C16H16N4O3S. The number of aromatic nitrogens is 2. The van der Waals surface area contributed by atoms with Crippen molar-refractivity contribution >= 4 is 23.7 Å². The molecule has 0 aliphatic carbocycles. The molecule has 1 aromatic heterocycles. The number of aryl methyl sites for hydroxylation is 1. The molecule has 1 unspecified atom stereocenters. The average Bonchev–Trinajstić information content (AvgIpc) is 3.27. The van der Waals surface area contributed by atoms with Crippen molar-refractivity contribution in [3.63, 3.8) is 0 Å². The van der Waals surface area contributed by atoms with Gasteiger partial charge in [0.25, 0.3) is 11.8 Å². The zero-order chi connectivity index (χ0) is 16.7. The fourth-order valence-corrected chi connectivity index (χ4v) is 4.25. The highest BCUT2D eigenvalue weighted by molar-refractivity contribution is 7.99. The first-order valence-electron chi connectivity index (χ1n) is 7.69. The van der Waals surface area contributed by atoms with Gasteiger partial charge < -0.3 is 9.84 Å². The van der Waals surface area contributed by atoms with Crippen LogP contribution in [-0.2, 0) is 11.3 Å². The van der Waals surface area contributed by atoms with Crippen LogP contribution in [0.1, 0.15) is 17.8 Å². The molecule has 24 heavy (non-hydrogen) atoms. The van der Waals surface area contributed by atoms with E-state index in [2.05, 4.69) is 15.5 Å². The normalized spacial score (nSPS) is 23.3. The number of urea groups is 1. The highest BCUT2D eigenvalue weighted by Gasteiger charge is 2.53. The average molecular weight is 344 g/mol. The fraction of sp³-hybridized carbons (Fsp3) is 0.375. The number of hydrogen-bond acceptors (Lipinski definition) is 6. The summed E-state index contributed by atoms with van der Waals surface area (Å²) < 4.78 is 5.25. The van der Waals surface area contributed by atoms with Crippen LogP contribution in [0.15, 0.2) is 28.8 Å². The van der Waals surface area contributed by atoms with E-state index in [9.17, 15) is 9.59 Å². The van der Waals surface area contributed by atoms with E-state index < -0.39 is 5.54 Å². The van der Waals surface area contributed by atoms with Crippen molar-refractivity contribution < 1.29 is 14.1 Å². The number of rotatable bonds is 3. The zero-order valence-corrected chi connectivity index (χ0v) is 13.9. The van der Waals surface area contributed by atoms with Gasteiger partial charge in [0.2, 0.25) is 0 Å². The second kappa shape index (κ2) is 5.62. The number of imide groups is 1. The van der Waals surface area contributed by atoms with Gasteiger partial charge >= 0.3 is 6.03 Å². The monoisotopic (exact) mass is 344 g/mol. The highest BCUT2D eigenvalue weighted by Crippen LogP contribution is 2.33. The Morgan fingerprint density at radius 1 is 1.33 bits per heavy atom. The summed E-state index contributed by atoms with van der Waals surface area (Å²) in [6.45, 7) is 2.02. The van der Waals surface area contributed by atoms with Crippen molar-refractivity contribution in [2.45, 2.75) is 25.4 Å². The Bertz CT molecular complexity index is 796. The van der Waals surface area contributed by atoms with E-state index in [0.29, 0.717) is 23.9 Å². The van der Waals surface area contributed by atoms with Crippen molar-refractivity contribution in [3.8, 4) is 11.5 Å². The molecule has 3 heterocycles. The lowest BCUT2D eigenvalue weighted by Gasteiger charge is -2.18. The molecule has 2 fully saturated rings. The minimum Gasteiger partial charge on any atom is -0.334 e. The molecule has 3 amide bonds. The van der Waals surface area contributed by atoms with Crippen LogP contribution in [0.4, 0.5) is 4.79 Å². The third kappa shape index (κ3) is 2.47. The molecule has 8 heteroatoms. The number of nitrogens with zero attached hydrogens (tertiary/aromatic N) is 3. The molecule has 0 radical (unpaired) electrons. The van der Waals surface area contributed by atoms with Crippen LogP contribution in [0, 0.1) is 6.92 Å². The second-order valence-electron chi connectivity index (χ2n) is 6.09. The molecule has 0 bridgehead atoms. The predicted molar refractivity (Wildman–Crippen MR) is 88.2 cm³/mol. The number of nitrogens with one attached hydrogen (secondary N) is 1. The van der Waals surface area contributed by atoms with E-state index in [1.54, 1.807) is 11.8 Å². The van der Waals surface area contributed by atoms with Gasteiger partial charge in [0.15, 0.2) is 5.82 Å². The van der Waals surface area contributed by atoms with Crippen LogP contribution >= 0.6 is 11.8 Å². The maximum atomic E-state index is 12.6. The van der Waals surface area contributed by atoms with Crippen LogP contribution in [0.2, 0.25) is 0 Å². The third-order valence-electron chi connectivity index (χ3n) is 4.33. The first-order chi connectivity index (χ1) is 11.6. The van der Waals surface area contributed by atoms with Crippen molar-refractivity contribution in [3.05, 3.63) is 35.7 Å². The first kappa shape index (κ1) is 15.2. The van der Waals surface area contributed by atoms with Gasteiger partial charge in [-0.1, -0.05) is 22.9 Å². The van der Waals surface area contributed by atoms with Gasteiger partial charge in [-0.25, -0.2) is 4.79 Å². The van der Waals surface area contributed by atoms with Gasteiger partial charge in [0, 0.05) is 11.3 Å². The van der Waals surface area contributed by atoms with Crippen LogP contribution in [0.5, 0.6) is 0 Å². The maximum Gasteiger partial charge on any atom is 0.325 e. The van der Waals surface area contributed by atoms with Gasteiger partial charge in [-0.3, -0.25) is 9.69 Å². The zero-order valence-electron chi connectivity index (χ0n) is 13.1. The standard InChI is InChI=1S/C16H16N4O3S/c1-10-2-4-11(5-3-10)13-17-12(19-23-13)8-20-14(21)16(18-15(20)22)6-7-24-9-16/h2-5H,6-9H2,1H3,(H,18,22). The van der Waals surface area contributed by atoms with Gasteiger partial charge in [-0.15, -0.1) is 0 Å². The van der Waals surface area contributed by atoms with Crippen molar-refractivity contribution in [1.82, 2.24) is 20.4 Å². The van der Waals surface area contributed by atoms with Gasteiger partial charge in [0.1, 0.15) is 5.54 Å². The minimum atomic E-state index is -0.745. The Morgan fingerprint density at radius 2 is 2.12 bits per heavy atom. The molecule has 7 nitrogen and oxygen atoms in total. The molecular weight excluding hydrogens is 328 g/mol. The first-order valence-corrected chi connectivity index (χ1v) is 8.84. The molecule has 124 valence electrons. The summed E-state index contributed by atoms with van der Waals surface area (Å²) in [5, 5.41) is 6.72. The van der Waals surface area contributed by atoms with E-state index in [-0.39, 0.29) is 18.5 Å². The summed E-state index contributed by atoms with van der Waals surface area (Å²) in [6, 6.07) is 7.32. The van der Waals surface area contributed by atoms with E-state index >= 15 is 0 Å². The van der Waals surface area contributed by atoms with Crippen LogP contribution in [0.25, 0.3) is 11.5 Å². The Hall–Kier alpha value is -2.35. The minimum absolute atomic E-state index is 0.0203. The molecule has 1 aromatic carbocycles. The summed E-state index contributed by atoms with van der Waals surface area (Å²) in [5.41, 5.74) is 1.20. The summed E-state index contributed by atoms with van der Waals surface area (Å²) in [7, 11) is 0. The molecule has 2 saturated heterocycles. The summed E-state index contributed by atoms with van der Waals surface area (Å²) in [5.74, 6) is 1.99. The lowest BCUT2D eigenvalue weighted by Crippen LogP contribution is -2.46. The molecule has 2 aromatic rings. The summed E-state index contributed by atoms with van der Waals surface area (Å²) in [4.78, 5) is 30.2. The summed E-state index contributed by atoms with van der Waals surface area (Å²) in [6.07, 6.45) is 0.666. The molecule has 1 atom stereocenters. The second-order valence-corrected chi connectivity index (χ2v) is 7.19. The largest absolute Gasteiger partial charge is 0.334 e. The van der Waals surface area contributed by atoms with Crippen molar-refractivity contribution in [2.75, 3.05) is 11.5 Å². The Balaban J connectivity index is 1.53. The molecule has 2 aliphatic rings. The molecule has 1 spiro atoms. The lowest BCUT2D eigenvalue weighted by atomic mass is 9.99. The summed E-state index contributed by atoms with van der Waals surface area (Å²) >= 11 is 1.67. The number of benzene rings is 1. The van der Waals surface area contributed by atoms with Crippen molar-refractivity contribution in [2.24, 2.45) is 0 Å². The lowest BCUT2D eigenvalue weighted by molar-refractivity contribution is -0.131. The van der Waals surface area contributed by atoms with Gasteiger partial charge in [-0.05, 0) is 31.2 Å². The smallest absolute Gasteiger partial charge is 0.325 e. The highest BCUT2D eigenvalue weighted by atomic mass is 32.2. The van der Waals surface area contributed by atoms with E-state index in [1.807, 2.05) is 31.2 Å². The molecule has 1 N–H and O–H groups in total. The van der Waals surface area contributed by atoms with Crippen LogP contribution in [0.3, 0.4) is 0 Å². The topological polar surface area (TPSA) is 88.3 Å².